The highest BCUT2D eigenvalue weighted by molar-refractivity contribution is 6.18. The fourth-order valence-electron chi connectivity index (χ4n) is 1.70. The molecule has 1 aromatic rings. The molecule has 0 saturated carbocycles. The fourth-order valence-corrected chi connectivity index (χ4v) is 1.89. The maximum atomic E-state index is 5.72. The van der Waals surface area contributed by atoms with E-state index >= 15 is 0 Å². The molecule has 66 valence electrons. The van der Waals surface area contributed by atoms with Crippen LogP contribution in [-0.2, 0) is 6.42 Å². The van der Waals surface area contributed by atoms with Gasteiger partial charge in [0.05, 0.1) is 0 Å². The second kappa shape index (κ2) is 3.95. The molecular weight excluding hydrogens is 168 g/mol. The summed E-state index contributed by atoms with van der Waals surface area (Å²) < 4.78 is 0. The van der Waals surface area contributed by atoms with Gasteiger partial charge in [-0.25, -0.2) is 0 Å². The van der Waals surface area contributed by atoms with Gasteiger partial charge < -0.3 is 0 Å². The summed E-state index contributed by atoms with van der Waals surface area (Å²) in [7, 11) is 0. The molecule has 0 fully saturated rings. The number of alkyl halides is 1. The van der Waals surface area contributed by atoms with Crippen LogP contribution in [0, 0.1) is 20.8 Å². The Balaban J connectivity index is 3.10. The third-order valence-electron chi connectivity index (χ3n) is 2.18. The van der Waals surface area contributed by atoms with Crippen LogP contribution in [0.2, 0.25) is 0 Å². The third kappa shape index (κ3) is 2.01. The Labute approximate surface area is 79.6 Å². The van der Waals surface area contributed by atoms with Crippen LogP contribution < -0.4 is 0 Å². The average Bonchev–Trinajstić information content (AvgIpc) is 1.96. The zero-order valence-electron chi connectivity index (χ0n) is 7.95. The van der Waals surface area contributed by atoms with E-state index in [1.54, 1.807) is 0 Å². The molecule has 0 heterocycles. The van der Waals surface area contributed by atoms with Crippen molar-refractivity contribution < 1.29 is 0 Å². The number of halogens is 1. The monoisotopic (exact) mass is 182 g/mol. The van der Waals surface area contributed by atoms with Gasteiger partial charge in [0.25, 0.3) is 0 Å². The van der Waals surface area contributed by atoms with E-state index in [0.717, 1.165) is 6.42 Å². The smallest absolute Gasteiger partial charge is 0.0264 e. The summed E-state index contributed by atoms with van der Waals surface area (Å²) in [6, 6.07) is 4.43. The number of hydrogen-bond donors (Lipinski definition) is 0. The van der Waals surface area contributed by atoms with E-state index in [-0.39, 0.29) is 0 Å². The van der Waals surface area contributed by atoms with Crippen LogP contribution in [0.5, 0.6) is 0 Å². The van der Waals surface area contributed by atoms with Crippen molar-refractivity contribution >= 4 is 11.6 Å². The largest absolute Gasteiger partial charge is 0.126 e. The van der Waals surface area contributed by atoms with Crippen LogP contribution in [0.4, 0.5) is 0 Å². The molecule has 0 saturated heterocycles. The molecule has 0 unspecified atom stereocenters. The molecule has 0 aliphatic heterocycles. The van der Waals surface area contributed by atoms with E-state index < -0.39 is 0 Å². The summed E-state index contributed by atoms with van der Waals surface area (Å²) in [5, 5.41) is 0. The Kier molecular flexibility index (Phi) is 3.16. The van der Waals surface area contributed by atoms with Crippen molar-refractivity contribution in [2.45, 2.75) is 27.2 Å². The maximum absolute atomic E-state index is 5.72. The maximum Gasteiger partial charge on any atom is 0.0264 e. The zero-order chi connectivity index (χ0) is 9.14. The van der Waals surface area contributed by atoms with Crippen molar-refractivity contribution in [3.8, 4) is 0 Å². The molecule has 0 bridgehead atoms. The normalized spacial score (nSPS) is 10.3. The highest BCUT2D eigenvalue weighted by atomic mass is 35.5. The van der Waals surface area contributed by atoms with Crippen molar-refractivity contribution in [2.24, 2.45) is 0 Å². The molecule has 0 amide bonds. The van der Waals surface area contributed by atoms with Crippen molar-refractivity contribution in [2.75, 3.05) is 5.88 Å². The number of hydrogen-bond acceptors (Lipinski definition) is 0. The Morgan fingerprint density at radius 3 is 2.00 bits per heavy atom. The second-order valence-electron chi connectivity index (χ2n) is 3.32. The molecule has 0 spiro atoms. The Hall–Kier alpha value is -0.490. The van der Waals surface area contributed by atoms with Gasteiger partial charge in [0.15, 0.2) is 0 Å². The summed E-state index contributed by atoms with van der Waals surface area (Å²) in [6.45, 7) is 6.44. The first-order valence-electron chi connectivity index (χ1n) is 4.28. The predicted molar refractivity (Wildman–Crippen MR) is 55.1 cm³/mol. The first kappa shape index (κ1) is 9.60. The van der Waals surface area contributed by atoms with Gasteiger partial charge in [-0.05, 0) is 43.9 Å². The van der Waals surface area contributed by atoms with E-state index in [1.807, 2.05) is 0 Å². The van der Waals surface area contributed by atoms with Gasteiger partial charge in [0.1, 0.15) is 0 Å². The summed E-state index contributed by atoms with van der Waals surface area (Å²) in [4.78, 5) is 0. The number of rotatable bonds is 2. The first-order valence-corrected chi connectivity index (χ1v) is 4.81. The standard InChI is InChI=1S/C11H15Cl/c1-8-6-9(2)11(4-5-12)10(3)7-8/h6-7H,4-5H2,1-3H3. The minimum Gasteiger partial charge on any atom is -0.126 e. The minimum atomic E-state index is 0.713. The lowest BCUT2D eigenvalue weighted by molar-refractivity contribution is 1.08. The molecule has 0 radical (unpaired) electrons. The van der Waals surface area contributed by atoms with Crippen LogP contribution in [0.3, 0.4) is 0 Å². The molecule has 0 aliphatic rings. The van der Waals surface area contributed by atoms with Gasteiger partial charge in [-0.3, -0.25) is 0 Å². The molecule has 1 rings (SSSR count). The first-order chi connectivity index (χ1) is 5.65. The van der Waals surface area contributed by atoms with Crippen molar-refractivity contribution in [3.63, 3.8) is 0 Å². The highest BCUT2D eigenvalue weighted by Gasteiger charge is 2.01. The summed E-state index contributed by atoms with van der Waals surface area (Å²) in [5.41, 5.74) is 5.49. The van der Waals surface area contributed by atoms with E-state index in [1.165, 1.54) is 22.3 Å². The van der Waals surface area contributed by atoms with Gasteiger partial charge in [-0.1, -0.05) is 17.7 Å². The van der Waals surface area contributed by atoms with Crippen LogP contribution >= 0.6 is 11.6 Å². The van der Waals surface area contributed by atoms with Crippen molar-refractivity contribution in [3.05, 3.63) is 34.4 Å². The van der Waals surface area contributed by atoms with Gasteiger partial charge in [0.2, 0.25) is 0 Å². The summed E-state index contributed by atoms with van der Waals surface area (Å²) >= 11 is 5.72. The van der Waals surface area contributed by atoms with Crippen LogP contribution in [-0.4, -0.2) is 5.88 Å². The third-order valence-corrected chi connectivity index (χ3v) is 2.37. The van der Waals surface area contributed by atoms with Crippen LogP contribution in [0.1, 0.15) is 22.3 Å². The van der Waals surface area contributed by atoms with E-state index in [2.05, 4.69) is 32.9 Å². The van der Waals surface area contributed by atoms with Crippen LogP contribution in [0.15, 0.2) is 12.1 Å². The molecular formula is C11H15Cl. The molecule has 12 heavy (non-hydrogen) atoms. The Morgan fingerprint density at radius 2 is 1.58 bits per heavy atom. The van der Waals surface area contributed by atoms with E-state index in [0.29, 0.717) is 5.88 Å². The van der Waals surface area contributed by atoms with Crippen LogP contribution in [0.25, 0.3) is 0 Å². The lowest BCUT2D eigenvalue weighted by Crippen LogP contribution is -1.95. The van der Waals surface area contributed by atoms with Gasteiger partial charge in [0, 0.05) is 5.88 Å². The number of aryl methyl sites for hydroxylation is 3. The van der Waals surface area contributed by atoms with Crippen molar-refractivity contribution in [1.29, 1.82) is 0 Å². The summed E-state index contributed by atoms with van der Waals surface area (Å²) in [5.74, 6) is 0.713. The lowest BCUT2D eigenvalue weighted by atomic mass is 9.98. The SMILES string of the molecule is Cc1cc(C)c(CCCl)c(C)c1. The highest BCUT2D eigenvalue weighted by Crippen LogP contribution is 2.16. The van der Waals surface area contributed by atoms with Gasteiger partial charge >= 0.3 is 0 Å². The molecule has 1 aromatic carbocycles. The average molecular weight is 183 g/mol. The van der Waals surface area contributed by atoms with E-state index in [4.69, 9.17) is 11.6 Å². The molecule has 0 N–H and O–H groups in total. The second-order valence-corrected chi connectivity index (χ2v) is 3.69. The quantitative estimate of drug-likeness (QED) is 0.616. The van der Waals surface area contributed by atoms with E-state index in [9.17, 15) is 0 Å². The lowest BCUT2D eigenvalue weighted by Gasteiger charge is -2.09. The molecule has 0 atom stereocenters. The predicted octanol–water partition coefficient (Wildman–Crippen LogP) is 3.39. The van der Waals surface area contributed by atoms with Gasteiger partial charge in [-0.15, -0.1) is 11.6 Å². The minimum absolute atomic E-state index is 0.713. The van der Waals surface area contributed by atoms with Crippen molar-refractivity contribution in [1.82, 2.24) is 0 Å². The van der Waals surface area contributed by atoms with Gasteiger partial charge in [-0.2, -0.15) is 0 Å². The molecule has 0 nitrogen and oxygen atoms in total. The molecule has 0 aliphatic carbocycles. The summed E-state index contributed by atoms with van der Waals surface area (Å²) in [6.07, 6.45) is 0.986. The Bertz CT molecular complexity index is 253. The topological polar surface area (TPSA) is 0 Å². The molecule has 1 heteroatoms. The Morgan fingerprint density at radius 1 is 1.08 bits per heavy atom. The fraction of sp³-hybridized carbons (Fsp3) is 0.455. The zero-order valence-corrected chi connectivity index (χ0v) is 8.70. The molecule has 0 aromatic heterocycles. The number of benzene rings is 1.